The Kier molecular flexibility index (Phi) is 9.27. The van der Waals surface area contributed by atoms with Gasteiger partial charge in [-0.25, -0.2) is 0 Å². The third kappa shape index (κ3) is 6.30. The predicted octanol–water partition coefficient (Wildman–Crippen LogP) is 14.9. The number of benzene rings is 10. The van der Waals surface area contributed by atoms with Gasteiger partial charge in [-0.2, -0.15) is 0 Å². The van der Waals surface area contributed by atoms with Gasteiger partial charge in [-0.15, -0.1) is 0 Å². The van der Waals surface area contributed by atoms with E-state index in [1.807, 2.05) is 0 Å². The molecule has 0 spiro atoms. The molecule has 0 atom stereocenters. The van der Waals surface area contributed by atoms with Crippen LogP contribution in [-0.2, 0) is 0 Å². The van der Waals surface area contributed by atoms with Crippen LogP contribution in [0.2, 0.25) is 0 Å². The molecule has 0 bridgehead atoms. The molecule has 2 heterocycles. The molecule has 4 heteroatoms. The quantitative estimate of drug-likeness (QED) is 0.142. The van der Waals surface area contributed by atoms with Gasteiger partial charge in [-0.3, -0.25) is 0 Å². The SMILES string of the molecule is c1ccc(N(c2ccccc2)c2ccccc2-c2ccc3c(c2)-c2ccccc2N2B3c3ccccc3-c3cc(-c4ccccc4N(c4ccccc4)c4ccccc4)ccc32)cc1. The molecule has 2 aliphatic heterocycles. The molecule has 0 amide bonds. The van der Waals surface area contributed by atoms with Gasteiger partial charge < -0.3 is 14.6 Å². The van der Waals surface area contributed by atoms with E-state index in [4.69, 9.17) is 0 Å². The van der Waals surface area contributed by atoms with E-state index in [-0.39, 0.29) is 6.85 Å². The minimum atomic E-state index is -0.00665. The molecule has 0 aliphatic carbocycles. The van der Waals surface area contributed by atoms with Gasteiger partial charge in [0.2, 0.25) is 0 Å². The van der Waals surface area contributed by atoms with Crippen molar-refractivity contribution in [1.82, 2.24) is 0 Å². The van der Waals surface area contributed by atoms with Crippen LogP contribution in [0.4, 0.5) is 45.5 Å². The van der Waals surface area contributed by atoms with Crippen molar-refractivity contribution >= 4 is 63.3 Å². The van der Waals surface area contributed by atoms with E-state index >= 15 is 0 Å². The van der Waals surface area contributed by atoms with Crippen molar-refractivity contribution in [3.63, 3.8) is 0 Å². The highest BCUT2D eigenvalue weighted by atomic mass is 15.2. The van der Waals surface area contributed by atoms with Gasteiger partial charge in [0, 0.05) is 56.4 Å². The highest BCUT2D eigenvalue weighted by Gasteiger charge is 2.42. The number of hydrogen-bond donors (Lipinski definition) is 0. The number of anilines is 8. The summed E-state index contributed by atoms with van der Waals surface area (Å²) in [5.41, 5.74) is 21.5. The lowest BCUT2D eigenvalue weighted by atomic mass is 9.43. The molecule has 0 fully saturated rings. The summed E-state index contributed by atoms with van der Waals surface area (Å²) in [5.74, 6) is 0. The van der Waals surface area contributed by atoms with E-state index in [2.05, 4.69) is 269 Å². The Morgan fingerprint density at radius 2 is 0.641 bits per heavy atom. The van der Waals surface area contributed by atoms with E-state index in [1.165, 1.54) is 66.8 Å². The fourth-order valence-electron chi connectivity index (χ4n) is 10.1. The first-order valence-electron chi connectivity index (χ1n) is 22.1. The summed E-state index contributed by atoms with van der Waals surface area (Å²) >= 11 is 0. The molecule has 64 heavy (non-hydrogen) atoms. The van der Waals surface area contributed by atoms with Gasteiger partial charge in [-0.05, 0) is 118 Å². The average molecular weight is 816 g/mol. The maximum atomic E-state index is 2.59. The normalized spacial score (nSPS) is 12.0. The Hall–Kier alpha value is -8.34. The van der Waals surface area contributed by atoms with Gasteiger partial charge in [0.1, 0.15) is 0 Å². The Labute approximate surface area is 375 Å². The second kappa shape index (κ2) is 15.8. The molecule has 0 unspecified atom stereocenters. The van der Waals surface area contributed by atoms with Crippen LogP contribution in [0.25, 0.3) is 44.5 Å². The van der Waals surface area contributed by atoms with Crippen molar-refractivity contribution in [3.05, 3.63) is 255 Å². The van der Waals surface area contributed by atoms with Gasteiger partial charge in [0.05, 0.1) is 11.4 Å². The molecule has 10 aromatic rings. The van der Waals surface area contributed by atoms with Crippen LogP contribution in [0.15, 0.2) is 255 Å². The first-order valence-corrected chi connectivity index (χ1v) is 22.1. The molecular formula is C60H42BN3. The average Bonchev–Trinajstić information content (AvgIpc) is 3.38. The van der Waals surface area contributed by atoms with Gasteiger partial charge >= 0.3 is 6.85 Å². The van der Waals surface area contributed by atoms with E-state index in [1.54, 1.807) is 0 Å². The maximum absolute atomic E-state index is 2.59. The second-order valence-electron chi connectivity index (χ2n) is 16.5. The highest BCUT2D eigenvalue weighted by Crippen LogP contribution is 2.49. The smallest absolute Gasteiger partial charge is 0.329 e. The lowest BCUT2D eigenvalue weighted by Gasteiger charge is -2.43. The number of para-hydroxylation sites is 7. The lowest BCUT2D eigenvalue weighted by molar-refractivity contribution is 1.28. The summed E-state index contributed by atoms with van der Waals surface area (Å²) in [6, 6.07) is 92.5. The molecule has 12 rings (SSSR count). The summed E-state index contributed by atoms with van der Waals surface area (Å²) in [7, 11) is 0. The first-order chi connectivity index (χ1) is 31.8. The number of hydrogen-bond acceptors (Lipinski definition) is 3. The molecule has 10 aromatic carbocycles. The highest BCUT2D eigenvalue weighted by molar-refractivity contribution is 6.92. The van der Waals surface area contributed by atoms with Crippen LogP contribution in [0.1, 0.15) is 0 Å². The third-order valence-electron chi connectivity index (χ3n) is 12.8. The summed E-state index contributed by atoms with van der Waals surface area (Å²) in [5, 5.41) is 0. The summed E-state index contributed by atoms with van der Waals surface area (Å²) in [4.78, 5) is 7.32. The summed E-state index contributed by atoms with van der Waals surface area (Å²) < 4.78 is 0. The molecule has 3 nitrogen and oxygen atoms in total. The van der Waals surface area contributed by atoms with Gasteiger partial charge in [-0.1, -0.05) is 170 Å². The maximum Gasteiger partial charge on any atom is 0.329 e. The molecular weight excluding hydrogens is 773 g/mol. The zero-order chi connectivity index (χ0) is 42.4. The van der Waals surface area contributed by atoms with Crippen LogP contribution in [0.5, 0.6) is 0 Å². The topological polar surface area (TPSA) is 9.72 Å². The van der Waals surface area contributed by atoms with E-state index in [0.717, 1.165) is 34.1 Å². The van der Waals surface area contributed by atoms with Crippen LogP contribution < -0.4 is 25.5 Å². The molecule has 0 N–H and O–H groups in total. The van der Waals surface area contributed by atoms with E-state index < -0.39 is 0 Å². The number of nitrogens with zero attached hydrogens (tertiary/aromatic N) is 3. The van der Waals surface area contributed by atoms with Crippen molar-refractivity contribution < 1.29 is 0 Å². The lowest BCUT2D eigenvalue weighted by Crippen LogP contribution is -2.59. The monoisotopic (exact) mass is 815 g/mol. The van der Waals surface area contributed by atoms with Crippen molar-refractivity contribution in [1.29, 1.82) is 0 Å². The third-order valence-corrected chi connectivity index (χ3v) is 12.8. The van der Waals surface area contributed by atoms with Gasteiger partial charge in [0.25, 0.3) is 0 Å². The fourth-order valence-corrected chi connectivity index (χ4v) is 10.1. The van der Waals surface area contributed by atoms with Crippen molar-refractivity contribution in [3.8, 4) is 44.5 Å². The van der Waals surface area contributed by atoms with E-state index in [9.17, 15) is 0 Å². The largest absolute Gasteiger partial charge is 0.376 e. The van der Waals surface area contributed by atoms with E-state index in [0.29, 0.717) is 0 Å². The van der Waals surface area contributed by atoms with Crippen molar-refractivity contribution in [2.45, 2.75) is 0 Å². The van der Waals surface area contributed by atoms with Crippen molar-refractivity contribution in [2.75, 3.05) is 14.6 Å². The zero-order valence-electron chi connectivity index (χ0n) is 35.2. The minimum Gasteiger partial charge on any atom is -0.376 e. The Morgan fingerprint density at radius 1 is 0.266 bits per heavy atom. The number of rotatable bonds is 8. The zero-order valence-corrected chi connectivity index (χ0v) is 35.2. The summed E-state index contributed by atoms with van der Waals surface area (Å²) in [6.07, 6.45) is 0. The molecule has 0 radical (unpaired) electrons. The van der Waals surface area contributed by atoms with Crippen LogP contribution in [0.3, 0.4) is 0 Å². The second-order valence-corrected chi connectivity index (χ2v) is 16.5. The van der Waals surface area contributed by atoms with Gasteiger partial charge in [0.15, 0.2) is 0 Å². The standard InChI is InChI=1S/C60H42BN3/c1-5-21-45(22-6-1)62(46-23-7-2-8-24-46)57-34-18-14-29-49(57)43-37-39-56-53(41-43)52-32-16-20-36-59(52)64-60-40-38-44(42-54(60)51-31-13-17-33-55(51)61(56)64)50-30-15-19-35-58(50)63(47-25-9-3-10-26-47)48-27-11-4-12-28-48/h1-42H. The molecule has 0 saturated carbocycles. The van der Waals surface area contributed by atoms with Crippen molar-refractivity contribution in [2.24, 2.45) is 0 Å². The molecule has 0 saturated heterocycles. The molecule has 300 valence electrons. The Morgan fingerprint density at radius 3 is 1.17 bits per heavy atom. The predicted molar refractivity (Wildman–Crippen MR) is 271 cm³/mol. The first kappa shape index (κ1) is 37.4. The van der Waals surface area contributed by atoms with Crippen LogP contribution >= 0.6 is 0 Å². The minimum absolute atomic E-state index is 0.00665. The molecule has 0 aromatic heterocycles. The Balaban J connectivity index is 0.998. The van der Waals surface area contributed by atoms with Crippen LogP contribution in [-0.4, -0.2) is 6.85 Å². The molecule has 2 aliphatic rings. The Bertz CT molecular complexity index is 3000. The number of fused-ring (bicyclic) bond motifs is 11. The van der Waals surface area contributed by atoms with Crippen LogP contribution in [0, 0.1) is 0 Å². The summed E-state index contributed by atoms with van der Waals surface area (Å²) in [6.45, 7) is -0.00665. The fraction of sp³-hybridized carbons (Fsp3) is 0.